The molecular weight excluding hydrogens is 326 g/mol. The Morgan fingerprint density at radius 2 is 2.17 bits per heavy atom. The van der Waals surface area contributed by atoms with Crippen LogP contribution in [0.3, 0.4) is 0 Å². The van der Waals surface area contributed by atoms with Crippen molar-refractivity contribution < 1.29 is 4.79 Å². The van der Waals surface area contributed by atoms with Gasteiger partial charge in [0, 0.05) is 12.2 Å². The molecule has 2 rings (SSSR count). The summed E-state index contributed by atoms with van der Waals surface area (Å²) in [7, 11) is 0. The van der Waals surface area contributed by atoms with Crippen molar-refractivity contribution in [2.24, 2.45) is 0 Å². The van der Waals surface area contributed by atoms with Crippen molar-refractivity contribution in [3.63, 3.8) is 0 Å². The van der Waals surface area contributed by atoms with Gasteiger partial charge in [-0.15, -0.1) is 22.0 Å². The largest absolute Gasteiger partial charge is 0.300 e. The molecule has 1 N–H and O–H groups in total. The van der Waals surface area contributed by atoms with Gasteiger partial charge in [-0.1, -0.05) is 60.9 Å². The van der Waals surface area contributed by atoms with Crippen LogP contribution >= 0.6 is 23.1 Å². The van der Waals surface area contributed by atoms with Gasteiger partial charge in [-0.25, -0.2) is 0 Å². The predicted molar refractivity (Wildman–Crippen MR) is 99.1 cm³/mol. The van der Waals surface area contributed by atoms with Crippen LogP contribution in [0.25, 0.3) is 0 Å². The fraction of sp³-hybridized carbons (Fsp3) is 0.471. The molecule has 0 saturated carbocycles. The molecule has 0 radical (unpaired) electrons. The molecule has 1 amide bonds. The molecule has 0 spiro atoms. The molecule has 4 nitrogen and oxygen atoms in total. The Hall–Kier alpha value is -1.40. The topological polar surface area (TPSA) is 54.9 Å². The molecule has 6 heteroatoms. The fourth-order valence-electron chi connectivity index (χ4n) is 2.15. The number of carbonyl (C=O) groups is 1. The molecule has 0 unspecified atom stereocenters. The van der Waals surface area contributed by atoms with Gasteiger partial charge in [-0.05, 0) is 18.9 Å². The molecule has 0 aliphatic carbocycles. The van der Waals surface area contributed by atoms with Crippen LogP contribution in [0.2, 0.25) is 0 Å². The van der Waals surface area contributed by atoms with Gasteiger partial charge < -0.3 is 0 Å². The van der Waals surface area contributed by atoms with Crippen LogP contribution in [0.4, 0.5) is 5.13 Å². The van der Waals surface area contributed by atoms with Crippen LogP contribution in [0.15, 0.2) is 24.3 Å². The van der Waals surface area contributed by atoms with Gasteiger partial charge in [-0.3, -0.25) is 10.1 Å². The standard InChI is InChI=1S/C17H23N3OS2/c1-3-4-5-9-16-19-20-17(23-16)18-15(21)12-22-11-14-8-6-7-13(2)10-14/h6-8,10H,3-5,9,11-12H2,1-2H3,(H,18,20,21). The molecule has 1 heterocycles. The molecule has 0 bridgehead atoms. The number of aromatic nitrogens is 2. The summed E-state index contributed by atoms with van der Waals surface area (Å²) in [5.74, 6) is 1.26. The second kappa shape index (κ2) is 9.67. The van der Waals surface area contributed by atoms with Crippen LogP contribution in [0.1, 0.15) is 42.3 Å². The third-order valence-corrected chi connectivity index (χ3v) is 5.19. The lowest BCUT2D eigenvalue weighted by Crippen LogP contribution is -2.14. The minimum atomic E-state index is -0.0149. The molecule has 0 saturated heterocycles. The summed E-state index contributed by atoms with van der Waals surface area (Å²) in [6.45, 7) is 4.26. The number of nitrogens with one attached hydrogen (secondary N) is 1. The van der Waals surface area contributed by atoms with E-state index in [0.717, 1.165) is 23.6 Å². The highest BCUT2D eigenvalue weighted by molar-refractivity contribution is 7.99. The predicted octanol–water partition coefficient (Wildman–Crippen LogP) is 4.45. The molecule has 0 aliphatic rings. The highest BCUT2D eigenvalue weighted by Gasteiger charge is 2.08. The maximum absolute atomic E-state index is 11.9. The van der Waals surface area contributed by atoms with Crippen LogP contribution in [-0.2, 0) is 17.0 Å². The fourth-order valence-corrected chi connectivity index (χ4v) is 3.72. The summed E-state index contributed by atoms with van der Waals surface area (Å²) >= 11 is 3.09. The first-order valence-electron chi connectivity index (χ1n) is 7.93. The summed E-state index contributed by atoms with van der Waals surface area (Å²) in [5.41, 5.74) is 2.49. The minimum Gasteiger partial charge on any atom is -0.300 e. The van der Waals surface area contributed by atoms with Gasteiger partial charge in [0.2, 0.25) is 11.0 Å². The van der Waals surface area contributed by atoms with Crippen molar-refractivity contribution >= 4 is 34.1 Å². The van der Waals surface area contributed by atoms with E-state index in [0.29, 0.717) is 10.9 Å². The number of hydrogen-bond acceptors (Lipinski definition) is 5. The lowest BCUT2D eigenvalue weighted by Gasteiger charge is -2.03. The number of thioether (sulfide) groups is 1. The Morgan fingerprint density at radius 3 is 2.96 bits per heavy atom. The van der Waals surface area contributed by atoms with E-state index >= 15 is 0 Å². The molecule has 1 aromatic carbocycles. The first-order valence-corrected chi connectivity index (χ1v) is 9.90. The Balaban J connectivity index is 1.70. The lowest BCUT2D eigenvalue weighted by atomic mass is 10.2. The SMILES string of the molecule is CCCCCc1nnc(NC(=O)CSCc2cccc(C)c2)s1. The van der Waals surface area contributed by atoms with E-state index in [1.807, 2.05) is 6.07 Å². The Kier molecular flexibility index (Phi) is 7.55. The average Bonchev–Trinajstić information content (AvgIpc) is 2.95. The van der Waals surface area contributed by atoms with E-state index in [1.165, 1.54) is 35.3 Å². The highest BCUT2D eigenvalue weighted by atomic mass is 32.2. The van der Waals surface area contributed by atoms with Crippen LogP contribution in [0, 0.1) is 6.92 Å². The maximum Gasteiger partial charge on any atom is 0.236 e. The van der Waals surface area contributed by atoms with Crippen LogP contribution in [-0.4, -0.2) is 21.9 Å². The summed E-state index contributed by atoms with van der Waals surface area (Å²) in [6.07, 6.45) is 4.48. The summed E-state index contributed by atoms with van der Waals surface area (Å²) in [5, 5.41) is 12.6. The van der Waals surface area contributed by atoms with E-state index in [-0.39, 0.29) is 5.91 Å². The van der Waals surface area contributed by atoms with Gasteiger partial charge >= 0.3 is 0 Å². The summed E-state index contributed by atoms with van der Waals surface area (Å²) in [6, 6.07) is 8.37. The monoisotopic (exact) mass is 349 g/mol. The van der Waals surface area contributed by atoms with E-state index < -0.39 is 0 Å². The van der Waals surface area contributed by atoms with E-state index in [4.69, 9.17) is 0 Å². The van der Waals surface area contributed by atoms with Gasteiger partial charge in [-0.2, -0.15) is 0 Å². The van der Waals surface area contributed by atoms with Crippen LogP contribution in [0.5, 0.6) is 0 Å². The number of amides is 1. The number of aryl methyl sites for hydroxylation is 2. The molecule has 2 aromatic rings. The lowest BCUT2D eigenvalue weighted by molar-refractivity contribution is -0.113. The van der Waals surface area contributed by atoms with Crippen molar-refractivity contribution in [1.82, 2.24) is 10.2 Å². The molecular formula is C17H23N3OS2. The third kappa shape index (κ3) is 6.71. The molecule has 0 fully saturated rings. The summed E-state index contributed by atoms with van der Waals surface area (Å²) < 4.78 is 0. The van der Waals surface area contributed by atoms with Gasteiger partial charge in [0.05, 0.1) is 5.75 Å². The zero-order chi connectivity index (χ0) is 16.5. The average molecular weight is 350 g/mol. The van der Waals surface area contributed by atoms with Crippen molar-refractivity contribution in [3.05, 3.63) is 40.4 Å². The number of hydrogen-bond donors (Lipinski definition) is 1. The number of carbonyl (C=O) groups excluding carboxylic acids is 1. The van der Waals surface area contributed by atoms with E-state index in [2.05, 4.69) is 47.6 Å². The van der Waals surface area contributed by atoms with Gasteiger partial charge in [0.15, 0.2) is 0 Å². The maximum atomic E-state index is 11.9. The van der Waals surface area contributed by atoms with E-state index in [1.54, 1.807) is 11.8 Å². The Labute approximate surface area is 146 Å². The molecule has 124 valence electrons. The quantitative estimate of drug-likeness (QED) is 0.680. The molecule has 0 aliphatic heterocycles. The van der Waals surface area contributed by atoms with Crippen molar-refractivity contribution in [1.29, 1.82) is 0 Å². The first kappa shape index (κ1) is 17.9. The zero-order valence-electron chi connectivity index (χ0n) is 13.7. The summed E-state index contributed by atoms with van der Waals surface area (Å²) in [4.78, 5) is 11.9. The number of rotatable bonds is 9. The smallest absolute Gasteiger partial charge is 0.236 e. The normalized spacial score (nSPS) is 10.7. The van der Waals surface area contributed by atoms with Crippen molar-refractivity contribution in [2.75, 3.05) is 11.1 Å². The minimum absolute atomic E-state index is 0.0149. The first-order chi connectivity index (χ1) is 11.2. The number of unbranched alkanes of at least 4 members (excludes halogenated alkanes) is 2. The highest BCUT2D eigenvalue weighted by Crippen LogP contribution is 2.18. The molecule has 0 atom stereocenters. The Morgan fingerprint density at radius 1 is 1.30 bits per heavy atom. The number of anilines is 1. The Bertz CT molecular complexity index is 628. The second-order valence-electron chi connectivity index (χ2n) is 5.49. The molecule has 23 heavy (non-hydrogen) atoms. The third-order valence-electron chi connectivity index (χ3n) is 3.29. The zero-order valence-corrected chi connectivity index (χ0v) is 15.3. The van der Waals surface area contributed by atoms with Crippen LogP contribution < -0.4 is 5.32 Å². The number of benzene rings is 1. The second-order valence-corrected chi connectivity index (χ2v) is 7.54. The van der Waals surface area contributed by atoms with Crippen molar-refractivity contribution in [2.45, 2.75) is 45.3 Å². The van der Waals surface area contributed by atoms with Gasteiger partial charge in [0.25, 0.3) is 0 Å². The molecule has 1 aromatic heterocycles. The van der Waals surface area contributed by atoms with Gasteiger partial charge in [0.1, 0.15) is 5.01 Å². The van der Waals surface area contributed by atoms with E-state index in [9.17, 15) is 4.79 Å². The number of nitrogens with zero attached hydrogens (tertiary/aromatic N) is 2. The van der Waals surface area contributed by atoms with Crippen molar-refractivity contribution in [3.8, 4) is 0 Å².